The lowest BCUT2D eigenvalue weighted by molar-refractivity contribution is -0.272. The third kappa shape index (κ3) is 4.43. The molecule has 0 saturated carbocycles. The fraction of sp³-hybridized carbons (Fsp3) is 0.455. The van der Waals surface area contributed by atoms with Crippen molar-refractivity contribution in [2.45, 2.75) is 44.2 Å². The van der Waals surface area contributed by atoms with E-state index in [0.29, 0.717) is 5.69 Å². The number of pyridine rings is 1. The highest BCUT2D eigenvalue weighted by atomic mass is 19.4. The lowest BCUT2D eigenvalue weighted by Gasteiger charge is -2.32. The first-order valence-electron chi connectivity index (χ1n) is 10.2. The molecule has 3 rings (SSSR count). The molecule has 1 unspecified atom stereocenters. The van der Waals surface area contributed by atoms with E-state index in [1.807, 2.05) is 0 Å². The highest BCUT2D eigenvalue weighted by Gasteiger charge is 2.66. The second-order valence-electron chi connectivity index (χ2n) is 8.12. The van der Waals surface area contributed by atoms with Gasteiger partial charge in [-0.15, -0.1) is 0 Å². The number of methoxy groups -OCH3 is 1. The number of nitrogens with one attached hydrogen (secondary N) is 2. The molecule has 34 heavy (non-hydrogen) atoms. The molecule has 1 amide bonds. The van der Waals surface area contributed by atoms with Gasteiger partial charge in [0.1, 0.15) is 6.10 Å². The summed E-state index contributed by atoms with van der Waals surface area (Å²) in [5.74, 6) is -8.18. The fourth-order valence-electron chi connectivity index (χ4n) is 4.10. The predicted octanol–water partition coefficient (Wildman–Crippen LogP) is 4.31. The largest absolute Gasteiger partial charge is 0.493 e. The summed E-state index contributed by atoms with van der Waals surface area (Å²) in [6.45, 7) is 2.19. The monoisotopic (exact) mass is 491 g/mol. The molecule has 1 fully saturated rings. The summed E-state index contributed by atoms with van der Waals surface area (Å²) in [5, 5.41) is 5.04. The maximum atomic E-state index is 14.4. The Kier molecular flexibility index (Phi) is 7.13. The van der Waals surface area contributed by atoms with E-state index in [2.05, 4.69) is 15.6 Å². The third-order valence-electron chi connectivity index (χ3n) is 6.10. The van der Waals surface area contributed by atoms with E-state index in [9.17, 15) is 31.1 Å². The SMILES string of the molecule is CNCc1cc(NC(=O)C2O[C@@](C)(C(F)(F)F)[C@@H](C)[C@H]2c2ccc(F)c(F)c2OC)c(F)cn1. The van der Waals surface area contributed by atoms with E-state index in [1.165, 1.54) is 13.0 Å². The number of hydrogen-bond acceptors (Lipinski definition) is 5. The quantitative estimate of drug-likeness (QED) is 0.590. The number of anilines is 1. The van der Waals surface area contributed by atoms with Crippen molar-refractivity contribution in [3.05, 3.63) is 53.1 Å². The number of carbonyl (C=O) groups is 1. The van der Waals surface area contributed by atoms with Crippen LogP contribution in [0.25, 0.3) is 0 Å². The van der Waals surface area contributed by atoms with Crippen LogP contribution in [0.4, 0.5) is 32.0 Å². The smallest absolute Gasteiger partial charge is 0.417 e. The van der Waals surface area contributed by atoms with Gasteiger partial charge in [0.05, 0.1) is 24.7 Å². The Morgan fingerprint density at radius 3 is 2.50 bits per heavy atom. The van der Waals surface area contributed by atoms with E-state index in [-0.39, 0.29) is 17.8 Å². The van der Waals surface area contributed by atoms with Crippen LogP contribution in [0.5, 0.6) is 5.75 Å². The molecule has 0 spiro atoms. The summed E-state index contributed by atoms with van der Waals surface area (Å²) < 4.78 is 94.5. The molecule has 2 N–H and O–H groups in total. The van der Waals surface area contributed by atoms with Crippen molar-refractivity contribution in [1.82, 2.24) is 10.3 Å². The first-order chi connectivity index (χ1) is 15.9. The van der Waals surface area contributed by atoms with E-state index < -0.39 is 58.8 Å². The number of benzene rings is 1. The van der Waals surface area contributed by atoms with Gasteiger partial charge in [-0.25, -0.2) is 8.78 Å². The highest BCUT2D eigenvalue weighted by molar-refractivity contribution is 5.95. The molecule has 0 bridgehead atoms. The van der Waals surface area contributed by atoms with E-state index in [4.69, 9.17) is 9.47 Å². The maximum absolute atomic E-state index is 14.4. The molecular weight excluding hydrogens is 468 g/mol. The number of alkyl halides is 3. The van der Waals surface area contributed by atoms with Crippen LogP contribution in [0.2, 0.25) is 0 Å². The van der Waals surface area contributed by atoms with Crippen LogP contribution in [0.3, 0.4) is 0 Å². The van der Waals surface area contributed by atoms with E-state index in [0.717, 1.165) is 32.4 Å². The van der Waals surface area contributed by atoms with Gasteiger partial charge < -0.3 is 20.1 Å². The summed E-state index contributed by atoms with van der Waals surface area (Å²) >= 11 is 0. The zero-order valence-electron chi connectivity index (χ0n) is 18.7. The van der Waals surface area contributed by atoms with Gasteiger partial charge in [0, 0.05) is 23.9 Å². The van der Waals surface area contributed by atoms with Crippen molar-refractivity contribution in [2.75, 3.05) is 19.5 Å². The number of halogens is 6. The van der Waals surface area contributed by atoms with Crippen LogP contribution < -0.4 is 15.4 Å². The number of rotatable bonds is 6. The lowest BCUT2D eigenvalue weighted by Crippen LogP contribution is -2.47. The molecule has 1 aromatic heterocycles. The van der Waals surface area contributed by atoms with Gasteiger partial charge in [-0.1, -0.05) is 13.0 Å². The minimum atomic E-state index is -4.91. The van der Waals surface area contributed by atoms with Crippen molar-refractivity contribution >= 4 is 11.6 Å². The number of hydrogen-bond donors (Lipinski definition) is 2. The normalized spacial score (nSPS) is 24.8. The van der Waals surface area contributed by atoms with Crippen molar-refractivity contribution in [2.24, 2.45) is 5.92 Å². The van der Waals surface area contributed by atoms with Gasteiger partial charge in [-0.05, 0) is 26.1 Å². The highest BCUT2D eigenvalue weighted by Crippen LogP contribution is 2.55. The van der Waals surface area contributed by atoms with E-state index in [1.54, 1.807) is 7.05 Å². The molecule has 1 aromatic carbocycles. The Balaban J connectivity index is 2.08. The first kappa shape index (κ1) is 25.8. The predicted molar refractivity (Wildman–Crippen MR) is 110 cm³/mol. The van der Waals surface area contributed by atoms with Crippen molar-refractivity contribution < 1.29 is 40.6 Å². The Labute approximate surface area is 191 Å². The van der Waals surface area contributed by atoms with Gasteiger partial charge in [0.2, 0.25) is 5.82 Å². The Bertz CT molecular complexity index is 1080. The van der Waals surface area contributed by atoms with Gasteiger partial charge >= 0.3 is 6.18 Å². The Hall–Kier alpha value is -2.86. The van der Waals surface area contributed by atoms with Gasteiger partial charge in [0.25, 0.3) is 5.91 Å². The Morgan fingerprint density at radius 1 is 1.24 bits per heavy atom. The second kappa shape index (κ2) is 9.41. The van der Waals surface area contributed by atoms with Crippen LogP contribution in [-0.4, -0.2) is 42.9 Å². The summed E-state index contributed by atoms with van der Waals surface area (Å²) in [6.07, 6.45) is -5.88. The molecule has 2 aromatic rings. The molecule has 0 radical (unpaired) electrons. The van der Waals surface area contributed by atoms with Crippen molar-refractivity contribution in [3.63, 3.8) is 0 Å². The molecule has 2 heterocycles. The second-order valence-corrected chi connectivity index (χ2v) is 8.12. The summed E-state index contributed by atoms with van der Waals surface area (Å²) in [7, 11) is 2.64. The third-order valence-corrected chi connectivity index (χ3v) is 6.10. The minimum Gasteiger partial charge on any atom is -0.493 e. The topological polar surface area (TPSA) is 72.5 Å². The average Bonchev–Trinajstić information content (AvgIpc) is 3.04. The molecule has 1 saturated heterocycles. The molecule has 4 atom stereocenters. The van der Waals surface area contributed by atoms with Crippen molar-refractivity contribution in [1.29, 1.82) is 0 Å². The lowest BCUT2D eigenvalue weighted by atomic mass is 9.77. The molecule has 0 aliphatic carbocycles. The fourth-order valence-corrected chi connectivity index (χ4v) is 4.10. The minimum absolute atomic E-state index is 0.187. The zero-order valence-corrected chi connectivity index (χ0v) is 18.7. The van der Waals surface area contributed by atoms with Crippen LogP contribution in [0.15, 0.2) is 24.4 Å². The summed E-state index contributed by atoms with van der Waals surface area (Å²) in [5.41, 5.74) is -2.96. The van der Waals surface area contributed by atoms with Crippen LogP contribution >= 0.6 is 0 Å². The van der Waals surface area contributed by atoms with Gasteiger partial charge in [-0.3, -0.25) is 9.78 Å². The maximum Gasteiger partial charge on any atom is 0.417 e. The number of aromatic nitrogens is 1. The first-order valence-corrected chi connectivity index (χ1v) is 10.2. The Morgan fingerprint density at radius 2 is 1.91 bits per heavy atom. The average molecular weight is 491 g/mol. The molecule has 12 heteroatoms. The molecule has 1 aliphatic heterocycles. The summed E-state index contributed by atoms with van der Waals surface area (Å²) in [6, 6.07) is 2.99. The molecule has 6 nitrogen and oxygen atoms in total. The molecular formula is C22H23F6N3O3. The standard InChI is InChI=1S/C22H23F6N3O3/c1-10-16(12-5-6-13(23)17(25)18(12)33-4)19(34-21(10,2)22(26,27)28)20(32)31-15-7-11(8-29-3)30-9-14(15)24/h5-7,9-10,16,19,29H,8H2,1-4H3,(H,30,31,32)/t10-,16-,19?,21+/m0/s1. The van der Waals surface area contributed by atoms with E-state index >= 15 is 0 Å². The number of carbonyl (C=O) groups excluding carboxylic acids is 1. The van der Waals surface area contributed by atoms with Crippen molar-refractivity contribution in [3.8, 4) is 5.75 Å². The molecule has 186 valence electrons. The number of nitrogens with zero attached hydrogens (tertiary/aromatic N) is 1. The van der Waals surface area contributed by atoms with Gasteiger partial charge in [-0.2, -0.15) is 17.6 Å². The van der Waals surface area contributed by atoms with Crippen LogP contribution in [0, 0.1) is 23.4 Å². The zero-order chi connectivity index (χ0) is 25.4. The molecule has 1 aliphatic rings. The van der Waals surface area contributed by atoms with Crippen LogP contribution in [0.1, 0.15) is 31.0 Å². The number of ether oxygens (including phenoxy) is 2. The summed E-state index contributed by atoms with van der Waals surface area (Å²) in [4.78, 5) is 17.0. The number of amides is 1. The van der Waals surface area contributed by atoms with Gasteiger partial charge in [0.15, 0.2) is 23.0 Å². The van der Waals surface area contributed by atoms with Crippen LogP contribution in [-0.2, 0) is 16.1 Å².